The molecule has 2 aromatic heterocycles. The summed E-state index contributed by atoms with van der Waals surface area (Å²) in [4.78, 5) is 4.38. The van der Waals surface area contributed by atoms with Gasteiger partial charge in [0.25, 0.3) is 0 Å². The molecule has 0 radical (unpaired) electrons. The number of aryl methyl sites for hydroxylation is 1. The van der Waals surface area contributed by atoms with Crippen LogP contribution in [0.15, 0.2) is 48.7 Å². The Bertz CT molecular complexity index is 624. The van der Waals surface area contributed by atoms with E-state index >= 15 is 0 Å². The minimum absolute atomic E-state index is 0.613. The maximum absolute atomic E-state index is 4.38. The summed E-state index contributed by atoms with van der Waals surface area (Å²) in [5, 5.41) is 7.52. The Kier molecular flexibility index (Phi) is 2.26. The van der Waals surface area contributed by atoms with E-state index in [2.05, 4.69) is 34.5 Å². The molecule has 1 aromatic carbocycles. The molecule has 84 valence electrons. The topological polar surface area (TPSA) is 42.2 Å². The third-order valence-electron chi connectivity index (χ3n) is 2.52. The normalized spacial score (nSPS) is 10.6. The highest BCUT2D eigenvalue weighted by atomic mass is 15.3. The molecule has 0 aliphatic carbocycles. The van der Waals surface area contributed by atoms with Gasteiger partial charge in [0.15, 0.2) is 5.65 Å². The fourth-order valence-corrected chi connectivity index (χ4v) is 1.74. The van der Waals surface area contributed by atoms with Crippen molar-refractivity contribution in [1.29, 1.82) is 0 Å². The van der Waals surface area contributed by atoms with Crippen LogP contribution in [0.1, 0.15) is 5.56 Å². The van der Waals surface area contributed by atoms with Crippen molar-refractivity contribution >= 4 is 17.3 Å². The number of nitrogens with zero attached hydrogens (tertiary/aromatic N) is 3. The van der Waals surface area contributed by atoms with Crippen LogP contribution < -0.4 is 5.32 Å². The molecule has 17 heavy (non-hydrogen) atoms. The van der Waals surface area contributed by atoms with Crippen LogP contribution in [0.4, 0.5) is 11.6 Å². The lowest BCUT2D eigenvalue weighted by molar-refractivity contribution is 0.965. The number of benzene rings is 1. The van der Waals surface area contributed by atoms with Crippen molar-refractivity contribution in [1.82, 2.24) is 14.6 Å². The van der Waals surface area contributed by atoms with E-state index in [1.54, 1.807) is 4.52 Å². The monoisotopic (exact) mass is 224 g/mol. The molecule has 4 nitrogen and oxygen atoms in total. The van der Waals surface area contributed by atoms with Crippen molar-refractivity contribution in [3.63, 3.8) is 0 Å². The SMILES string of the molecule is Cc1cccc(Nc2nc3ccccn3n2)c1. The first-order valence-corrected chi connectivity index (χ1v) is 5.46. The molecule has 1 N–H and O–H groups in total. The first-order chi connectivity index (χ1) is 8.31. The van der Waals surface area contributed by atoms with E-state index in [1.165, 1.54) is 5.56 Å². The zero-order chi connectivity index (χ0) is 11.7. The van der Waals surface area contributed by atoms with E-state index in [0.717, 1.165) is 11.3 Å². The Balaban J connectivity index is 1.94. The Hall–Kier alpha value is -2.36. The highest BCUT2D eigenvalue weighted by molar-refractivity contribution is 5.56. The second kappa shape index (κ2) is 3.90. The second-order valence-corrected chi connectivity index (χ2v) is 3.93. The van der Waals surface area contributed by atoms with E-state index < -0.39 is 0 Å². The van der Waals surface area contributed by atoms with E-state index in [9.17, 15) is 0 Å². The Morgan fingerprint density at radius 1 is 1.12 bits per heavy atom. The lowest BCUT2D eigenvalue weighted by Crippen LogP contribution is -1.93. The highest BCUT2D eigenvalue weighted by Crippen LogP contribution is 2.15. The van der Waals surface area contributed by atoms with Crippen LogP contribution in [0, 0.1) is 6.92 Å². The summed E-state index contributed by atoms with van der Waals surface area (Å²) in [5.74, 6) is 0.613. The molecule has 0 spiro atoms. The van der Waals surface area contributed by atoms with Crippen molar-refractivity contribution in [2.75, 3.05) is 5.32 Å². The molecule has 0 aliphatic rings. The van der Waals surface area contributed by atoms with Gasteiger partial charge >= 0.3 is 0 Å². The minimum Gasteiger partial charge on any atom is -0.323 e. The third kappa shape index (κ3) is 1.97. The largest absolute Gasteiger partial charge is 0.323 e. The van der Waals surface area contributed by atoms with E-state index in [4.69, 9.17) is 0 Å². The molecule has 4 heteroatoms. The highest BCUT2D eigenvalue weighted by Gasteiger charge is 2.02. The number of hydrogen-bond donors (Lipinski definition) is 1. The summed E-state index contributed by atoms with van der Waals surface area (Å²) in [6.07, 6.45) is 1.88. The maximum atomic E-state index is 4.38. The van der Waals surface area contributed by atoms with Crippen molar-refractivity contribution in [2.45, 2.75) is 6.92 Å². The molecule has 2 heterocycles. The number of anilines is 2. The molecule has 0 atom stereocenters. The number of pyridine rings is 1. The van der Waals surface area contributed by atoms with E-state index in [-0.39, 0.29) is 0 Å². The van der Waals surface area contributed by atoms with Crippen molar-refractivity contribution in [3.05, 3.63) is 54.2 Å². The standard InChI is InChI=1S/C13H12N4/c1-10-5-4-6-11(9-10)14-13-15-12-7-2-3-8-17(12)16-13/h2-9H,1H3,(H,14,16). The molecular formula is C13H12N4. The van der Waals surface area contributed by atoms with E-state index in [1.807, 2.05) is 36.5 Å². The lowest BCUT2D eigenvalue weighted by atomic mass is 10.2. The van der Waals surface area contributed by atoms with Gasteiger partial charge in [-0.15, -0.1) is 5.10 Å². The van der Waals surface area contributed by atoms with Crippen LogP contribution in [-0.4, -0.2) is 14.6 Å². The van der Waals surface area contributed by atoms with Gasteiger partial charge in [-0.3, -0.25) is 0 Å². The predicted molar refractivity (Wildman–Crippen MR) is 67.4 cm³/mol. The molecule has 0 unspecified atom stereocenters. The summed E-state index contributed by atoms with van der Waals surface area (Å²) in [6.45, 7) is 2.06. The lowest BCUT2D eigenvalue weighted by Gasteiger charge is -2.01. The molecule has 3 rings (SSSR count). The van der Waals surface area contributed by atoms with Gasteiger partial charge in [-0.05, 0) is 36.8 Å². The molecular weight excluding hydrogens is 212 g/mol. The number of rotatable bonds is 2. The zero-order valence-electron chi connectivity index (χ0n) is 9.46. The average Bonchev–Trinajstić information content (AvgIpc) is 2.71. The Labute approximate surface area is 98.9 Å². The van der Waals surface area contributed by atoms with Gasteiger partial charge in [0.2, 0.25) is 5.95 Å². The quantitative estimate of drug-likeness (QED) is 0.727. The second-order valence-electron chi connectivity index (χ2n) is 3.93. The third-order valence-corrected chi connectivity index (χ3v) is 2.52. The molecule has 0 saturated carbocycles. The molecule has 0 aliphatic heterocycles. The Morgan fingerprint density at radius 2 is 2.06 bits per heavy atom. The van der Waals surface area contributed by atoms with Crippen molar-refractivity contribution in [3.8, 4) is 0 Å². The summed E-state index contributed by atoms with van der Waals surface area (Å²) < 4.78 is 1.75. The van der Waals surface area contributed by atoms with Gasteiger partial charge < -0.3 is 5.32 Å². The minimum atomic E-state index is 0.613. The van der Waals surface area contributed by atoms with Crippen molar-refractivity contribution < 1.29 is 0 Å². The summed E-state index contributed by atoms with van der Waals surface area (Å²) in [7, 11) is 0. The number of hydrogen-bond acceptors (Lipinski definition) is 3. The van der Waals surface area contributed by atoms with Crippen LogP contribution >= 0.6 is 0 Å². The Morgan fingerprint density at radius 3 is 2.88 bits per heavy atom. The molecule has 0 fully saturated rings. The first kappa shape index (κ1) is 9.84. The molecule has 0 amide bonds. The summed E-state index contributed by atoms with van der Waals surface area (Å²) in [6, 6.07) is 13.9. The maximum Gasteiger partial charge on any atom is 0.247 e. The fraction of sp³-hybridized carbons (Fsp3) is 0.0769. The average molecular weight is 224 g/mol. The van der Waals surface area contributed by atoms with Gasteiger partial charge in [0, 0.05) is 11.9 Å². The number of fused-ring (bicyclic) bond motifs is 1. The summed E-state index contributed by atoms with van der Waals surface area (Å²) in [5.41, 5.74) is 3.04. The fourth-order valence-electron chi connectivity index (χ4n) is 1.74. The van der Waals surface area contributed by atoms with Crippen LogP contribution in [0.5, 0.6) is 0 Å². The van der Waals surface area contributed by atoms with Crippen LogP contribution in [0.25, 0.3) is 5.65 Å². The van der Waals surface area contributed by atoms with Gasteiger partial charge in [0.1, 0.15) is 0 Å². The van der Waals surface area contributed by atoms with Gasteiger partial charge in [-0.2, -0.15) is 4.98 Å². The summed E-state index contributed by atoms with van der Waals surface area (Å²) >= 11 is 0. The van der Waals surface area contributed by atoms with Crippen LogP contribution in [-0.2, 0) is 0 Å². The predicted octanol–water partition coefficient (Wildman–Crippen LogP) is 2.78. The number of nitrogens with one attached hydrogen (secondary N) is 1. The smallest absolute Gasteiger partial charge is 0.247 e. The molecule has 0 bridgehead atoms. The van der Waals surface area contributed by atoms with Gasteiger partial charge in [-0.1, -0.05) is 18.2 Å². The van der Waals surface area contributed by atoms with E-state index in [0.29, 0.717) is 5.95 Å². The van der Waals surface area contributed by atoms with Crippen LogP contribution in [0.2, 0.25) is 0 Å². The van der Waals surface area contributed by atoms with Gasteiger partial charge in [0.05, 0.1) is 0 Å². The molecule has 0 saturated heterocycles. The van der Waals surface area contributed by atoms with Crippen molar-refractivity contribution in [2.24, 2.45) is 0 Å². The zero-order valence-corrected chi connectivity index (χ0v) is 9.46. The number of aromatic nitrogens is 3. The van der Waals surface area contributed by atoms with Gasteiger partial charge in [-0.25, -0.2) is 4.52 Å². The first-order valence-electron chi connectivity index (χ1n) is 5.46. The molecule has 3 aromatic rings. The van der Waals surface area contributed by atoms with Crippen LogP contribution in [0.3, 0.4) is 0 Å².